The minimum Gasteiger partial charge on any atom is -0.354 e. The summed E-state index contributed by atoms with van der Waals surface area (Å²) < 4.78 is 14.5. The molecular weight excluding hydrogens is 449 g/mol. The quantitative estimate of drug-likeness (QED) is 0.376. The first-order chi connectivity index (χ1) is 16.5. The van der Waals surface area contributed by atoms with Gasteiger partial charge >= 0.3 is 0 Å². The van der Waals surface area contributed by atoms with Gasteiger partial charge in [-0.2, -0.15) is 5.26 Å². The summed E-state index contributed by atoms with van der Waals surface area (Å²) in [7, 11) is 0. The van der Waals surface area contributed by atoms with Crippen LogP contribution in [0.2, 0.25) is 5.02 Å². The van der Waals surface area contributed by atoms with Crippen LogP contribution < -0.4 is 10.6 Å². The van der Waals surface area contributed by atoms with E-state index < -0.39 is 5.82 Å². The number of benzene rings is 3. The molecule has 1 atom stereocenters. The van der Waals surface area contributed by atoms with Crippen molar-refractivity contribution in [3.8, 4) is 28.5 Å². The van der Waals surface area contributed by atoms with Crippen LogP contribution in [0.3, 0.4) is 0 Å². The zero-order chi connectivity index (χ0) is 23.7. The summed E-state index contributed by atoms with van der Waals surface area (Å²) >= 11 is 6.53. The van der Waals surface area contributed by atoms with Crippen LogP contribution in [0.1, 0.15) is 17.5 Å². The highest BCUT2D eigenvalue weighted by atomic mass is 35.5. The summed E-state index contributed by atoms with van der Waals surface area (Å²) in [4.78, 5) is 9.52. The van der Waals surface area contributed by atoms with Gasteiger partial charge in [-0.15, -0.1) is 0 Å². The molecule has 34 heavy (non-hydrogen) atoms. The number of hydrogen-bond acceptors (Lipinski definition) is 5. The second kappa shape index (κ2) is 9.38. The fraction of sp³-hybridized carbons (Fsp3) is 0.222. The number of anilines is 1. The van der Waals surface area contributed by atoms with E-state index >= 15 is 0 Å². The normalized spacial score (nSPS) is 15.4. The van der Waals surface area contributed by atoms with Crippen molar-refractivity contribution in [2.24, 2.45) is 5.92 Å². The molecule has 0 saturated carbocycles. The predicted octanol–water partition coefficient (Wildman–Crippen LogP) is 5.96. The second-order valence-electron chi connectivity index (χ2n) is 8.61. The Hall–Kier alpha value is -3.53. The molecule has 0 amide bonds. The zero-order valence-electron chi connectivity index (χ0n) is 18.7. The lowest BCUT2D eigenvalue weighted by Crippen LogP contribution is -2.18. The maximum Gasteiger partial charge on any atom is 0.223 e. The van der Waals surface area contributed by atoms with Gasteiger partial charge in [0, 0.05) is 28.1 Å². The lowest BCUT2D eigenvalue weighted by molar-refractivity contribution is 0.613. The van der Waals surface area contributed by atoms with Crippen LogP contribution in [-0.2, 0) is 0 Å². The predicted molar refractivity (Wildman–Crippen MR) is 134 cm³/mol. The van der Waals surface area contributed by atoms with Crippen molar-refractivity contribution >= 4 is 28.5 Å². The number of aryl methyl sites for hydroxylation is 1. The molecule has 5 rings (SSSR count). The topological polar surface area (TPSA) is 73.6 Å². The highest BCUT2D eigenvalue weighted by Crippen LogP contribution is 2.36. The van der Waals surface area contributed by atoms with Crippen molar-refractivity contribution in [1.29, 1.82) is 5.26 Å². The molecule has 1 aromatic heterocycles. The Kier molecular flexibility index (Phi) is 6.14. The lowest BCUT2D eigenvalue weighted by Gasteiger charge is -2.15. The summed E-state index contributed by atoms with van der Waals surface area (Å²) in [6.07, 6.45) is 1.11. The van der Waals surface area contributed by atoms with E-state index in [2.05, 4.69) is 10.6 Å². The Morgan fingerprint density at radius 3 is 2.74 bits per heavy atom. The van der Waals surface area contributed by atoms with Gasteiger partial charge in [0.1, 0.15) is 11.9 Å². The fourth-order valence-electron chi connectivity index (χ4n) is 4.46. The second-order valence-corrected chi connectivity index (χ2v) is 9.01. The van der Waals surface area contributed by atoms with E-state index in [1.165, 1.54) is 12.1 Å². The lowest BCUT2D eigenvalue weighted by atomic mass is 9.97. The van der Waals surface area contributed by atoms with Crippen LogP contribution in [0.5, 0.6) is 0 Å². The van der Waals surface area contributed by atoms with Gasteiger partial charge in [-0.05, 0) is 73.8 Å². The highest BCUT2D eigenvalue weighted by Gasteiger charge is 2.17. The third-order valence-corrected chi connectivity index (χ3v) is 6.60. The van der Waals surface area contributed by atoms with E-state index in [1.54, 1.807) is 6.07 Å². The Balaban J connectivity index is 1.65. The van der Waals surface area contributed by atoms with Crippen molar-refractivity contribution in [2.75, 3.05) is 25.0 Å². The van der Waals surface area contributed by atoms with Crippen LogP contribution in [-0.4, -0.2) is 29.6 Å². The number of nitrogens with one attached hydrogen (secondary N) is 2. The summed E-state index contributed by atoms with van der Waals surface area (Å²) in [5.41, 5.74) is 4.87. The Bertz CT molecular complexity index is 1400. The largest absolute Gasteiger partial charge is 0.354 e. The number of nitrogens with zero attached hydrogens (tertiary/aromatic N) is 3. The molecule has 2 heterocycles. The molecule has 5 nitrogen and oxygen atoms in total. The number of rotatable bonds is 5. The summed E-state index contributed by atoms with van der Waals surface area (Å²) in [6, 6.07) is 18.2. The van der Waals surface area contributed by atoms with E-state index in [0.29, 0.717) is 28.1 Å². The number of halogens is 2. The summed E-state index contributed by atoms with van der Waals surface area (Å²) in [5, 5.41) is 17.3. The van der Waals surface area contributed by atoms with E-state index in [0.717, 1.165) is 53.6 Å². The van der Waals surface area contributed by atoms with Gasteiger partial charge in [-0.1, -0.05) is 35.9 Å². The standard InChI is InChI=1S/C27H23ClFN5/c1-16-3-2-4-22(28)25(16)18-7-8-24-21(11-18)26(19-5-6-20(13-30)23(29)12-19)34-27(33-24)32-15-17-9-10-31-14-17/h2-8,11-12,17,31H,9-10,14-15H2,1H3,(H,32,33,34)/t17-/m0/s1. The van der Waals surface area contributed by atoms with Gasteiger partial charge in [0.05, 0.1) is 16.8 Å². The van der Waals surface area contributed by atoms with Crippen LogP contribution >= 0.6 is 11.6 Å². The Morgan fingerprint density at radius 2 is 2.00 bits per heavy atom. The van der Waals surface area contributed by atoms with Crippen LogP contribution in [0.4, 0.5) is 10.3 Å². The van der Waals surface area contributed by atoms with E-state index in [4.69, 9.17) is 26.8 Å². The van der Waals surface area contributed by atoms with E-state index in [1.807, 2.05) is 49.4 Å². The van der Waals surface area contributed by atoms with Gasteiger partial charge in [0.25, 0.3) is 0 Å². The van der Waals surface area contributed by atoms with Crippen LogP contribution in [0, 0.1) is 30.0 Å². The van der Waals surface area contributed by atoms with Crippen molar-refractivity contribution in [3.05, 3.63) is 76.6 Å². The van der Waals surface area contributed by atoms with Crippen molar-refractivity contribution in [1.82, 2.24) is 15.3 Å². The summed E-state index contributed by atoms with van der Waals surface area (Å²) in [5.74, 6) is 0.443. The molecular formula is C27H23ClFN5. The van der Waals surface area contributed by atoms with Gasteiger partial charge in [-0.25, -0.2) is 14.4 Å². The molecule has 0 bridgehead atoms. The average molecular weight is 472 g/mol. The van der Waals surface area contributed by atoms with Crippen molar-refractivity contribution in [3.63, 3.8) is 0 Å². The van der Waals surface area contributed by atoms with Gasteiger partial charge in [-0.3, -0.25) is 0 Å². The highest BCUT2D eigenvalue weighted by molar-refractivity contribution is 6.33. The molecule has 0 unspecified atom stereocenters. The maximum absolute atomic E-state index is 14.5. The van der Waals surface area contributed by atoms with Crippen molar-refractivity contribution < 1.29 is 4.39 Å². The molecule has 1 aliphatic rings. The first-order valence-corrected chi connectivity index (χ1v) is 11.6. The molecule has 1 saturated heterocycles. The molecule has 0 spiro atoms. The van der Waals surface area contributed by atoms with E-state index in [9.17, 15) is 4.39 Å². The van der Waals surface area contributed by atoms with Gasteiger partial charge in [0.15, 0.2) is 0 Å². The number of aromatic nitrogens is 2. The molecule has 7 heteroatoms. The fourth-order valence-corrected chi connectivity index (χ4v) is 4.79. The number of nitriles is 1. The monoisotopic (exact) mass is 471 g/mol. The first-order valence-electron chi connectivity index (χ1n) is 11.3. The van der Waals surface area contributed by atoms with E-state index in [-0.39, 0.29) is 5.56 Å². The molecule has 1 fully saturated rings. The van der Waals surface area contributed by atoms with Crippen LogP contribution in [0.25, 0.3) is 33.3 Å². The molecule has 4 aromatic rings. The minimum atomic E-state index is -0.573. The third-order valence-electron chi connectivity index (χ3n) is 6.28. The summed E-state index contributed by atoms with van der Waals surface area (Å²) in [6.45, 7) is 4.76. The Morgan fingerprint density at radius 1 is 1.15 bits per heavy atom. The Labute approximate surface area is 202 Å². The molecule has 0 radical (unpaired) electrons. The van der Waals surface area contributed by atoms with Gasteiger partial charge in [0.2, 0.25) is 5.95 Å². The van der Waals surface area contributed by atoms with Crippen LogP contribution in [0.15, 0.2) is 54.6 Å². The maximum atomic E-state index is 14.5. The van der Waals surface area contributed by atoms with Gasteiger partial charge < -0.3 is 10.6 Å². The average Bonchev–Trinajstić information content (AvgIpc) is 3.36. The SMILES string of the molecule is Cc1cccc(Cl)c1-c1ccc2nc(NC[C@H]3CCNC3)nc(-c3ccc(C#N)c(F)c3)c2c1. The molecule has 2 N–H and O–H groups in total. The third kappa shape index (κ3) is 4.33. The minimum absolute atomic E-state index is 0.00146. The number of fused-ring (bicyclic) bond motifs is 1. The first kappa shape index (κ1) is 22.3. The van der Waals surface area contributed by atoms with Crippen molar-refractivity contribution in [2.45, 2.75) is 13.3 Å². The number of hydrogen-bond donors (Lipinski definition) is 2. The molecule has 170 valence electrons. The zero-order valence-corrected chi connectivity index (χ0v) is 19.5. The molecule has 0 aliphatic carbocycles. The smallest absolute Gasteiger partial charge is 0.223 e. The molecule has 3 aromatic carbocycles. The molecule has 1 aliphatic heterocycles.